The number of nitrogens with zero attached hydrogens (tertiary/aromatic N) is 4. The van der Waals surface area contributed by atoms with Crippen LogP contribution in [0.3, 0.4) is 0 Å². The van der Waals surface area contributed by atoms with Gasteiger partial charge in [-0.05, 0) is 66.4 Å². The Morgan fingerprint density at radius 3 is 2.66 bits per heavy atom. The summed E-state index contributed by atoms with van der Waals surface area (Å²) in [6.45, 7) is 6.25. The Kier molecular flexibility index (Phi) is 5.23. The Bertz CT molecular complexity index is 1420. The molecular weight excluding hydrogens is 414 g/mol. The zero-order valence-electron chi connectivity index (χ0n) is 18.6. The van der Waals surface area contributed by atoms with E-state index in [4.69, 9.17) is 4.98 Å². The summed E-state index contributed by atoms with van der Waals surface area (Å²) in [5, 5.41) is 11.3. The Morgan fingerprint density at radius 1 is 0.969 bits per heavy atom. The van der Waals surface area contributed by atoms with Crippen molar-refractivity contribution in [1.82, 2.24) is 19.7 Å². The summed E-state index contributed by atoms with van der Waals surface area (Å²) in [7, 11) is 1.93. The van der Waals surface area contributed by atoms with E-state index in [2.05, 4.69) is 77.1 Å². The Hall–Kier alpha value is -3.51. The molecule has 1 N–H and O–H groups in total. The highest BCUT2D eigenvalue weighted by Gasteiger charge is 2.12. The molecule has 32 heavy (non-hydrogen) atoms. The molecule has 0 unspecified atom stereocenters. The molecule has 0 saturated carbocycles. The zero-order valence-corrected chi connectivity index (χ0v) is 19.4. The summed E-state index contributed by atoms with van der Waals surface area (Å²) < 4.78 is 3.13. The van der Waals surface area contributed by atoms with E-state index < -0.39 is 0 Å². The molecule has 160 valence electrons. The van der Waals surface area contributed by atoms with Gasteiger partial charge in [-0.25, -0.2) is 9.97 Å². The van der Waals surface area contributed by atoms with Gasteiger partial charge in [-0.2, -0.15) is 5.10 Å². The first-order chi connectivity index (χ1) is 15.5. The highest BCUT2D eigenvalue weighted by molar-refractivity contribution is 7.17. The summed E-state index contributed by atoms with van der Waals surface area (Å²) in [5.41, 5.74) is 6.81. The molecule has 0 radical (unpaired) electrons. The Balaban J connectivity index is 1.43. The average molecular weight is 440 g/mol. The van der Waals surface area contributed by atoms with E-state index in [1.807, 2.05) is 37.1 Å². The van der Waals surface area contributed by atoms with Crippen LogP contribution in [0.15, 0.2) is 66.3 Å². The van der Waals surface area contributed by atoms with Gasteiger partial charge in [0, 0.05) is 41.2 Å². The van der Waals surface area contributed by atoms with Crippen LogP contribution in [0.25, 0.3) is 32.5 Å². The topological polar surface area (TPSA) is 55.6 Å². The smallest absolute Gasteiger partial charge is 0.130 e. The first-order valence-electron chi connectivity index (χ1n) is 10.7. The third kappa shape index (κ3) is 4.01. The number of hydrogen-bond acceptors (Lipinski definition) is 5. The highest BCUT2D eigenvalue weighted by Crippen LogP contribution is 2.31. The van der Waals surface area contributed by atoms with Crippen LogP contribution in [0.5, 0.6) is 0 Å². The average Bonchev–Trinajstić information content (AvgIpc) is 3.39. The molecule has 3 aromatic heterocycles. The first-order valence-corrected chi connectivity index (χ1v) is 11.5. The molecule has 2 aromatic carbocycles. The second kappa shape index (κ2) is 8.20. The first kappa shape index (κ1) is 20.4. The summed E-state index contributed by atoms with van der Waals surface area (Å²) >= 11 is 1.78. The fourth-order valence-electron chi connectivity index (χ4n) is 3.97. The SMILES string of the molecule is Cc1nc(N[C@@H](C)c2cccc(-c3cnn(C)c3)c2)cc(-c2ccc3scc(C)c3c2)n1. The summed E-state index contributed by atoms with van der Waals surface area (Å²) in [6.07, 6.45) is 3.92. The van der Waals surface area contributed by atoms with Gasteiger partial charge in [0.15, 0.2) is 0 Å². The molecule has 0 aliphatic rings. The number of hydrogen-bond donors (Lipinski definition) is 1. The van der Waals surface area contributed by atoms with Crippen LogP contribution in [-0.4, -0.2) is 19.7 Å². The maximum absolute atomic E-state index is 4.70. The summed E-state index contributed by atoms with van der Waals surface area (Å²) in [4.78, 5) is 9.35. The van der Waals surface area contributed by atoms with Gasteiger partial charge in [-0.3, -0.25) is 4.68 Å². The van der Waals surface area contributed by atoms with Gasteiger partial charge in [0.05, 0.1) is 11.9 Å². The third-order valence-electron chi connectivity index (χ3n) is 5.69. The minimum absolute atomic E-state index is 0.0929. The molecule has 0 aliphatic heterocycles. The van der Waals surface area contributed by atoms with Crippen molar-refractivity contribution < 1.29 is 0 Å². The second-order valence-corrected chi connectivity index (χ2v) is 9.12. The van der Waals surface area contributed by atoms with Crippen molar-refractivity contribution >= 4 is 27.2 Å². The minimum Gasteiger partial charge on any atom is -0.363 e. The monoisotopic (exact) mass is 439 g/mol. The van der Waals surface area contributed by atoms with Gasteiger partial charge in [0.1, 0.15) is 11.6 Å². The van der Waals surface area contributed by atoms with Crippen molar-refractivity contribution in [2.75, 3.05) is 5.32 Å². The van der Waals surface area contributed by atoms with E-state index >= 15 is 0 Å². The van der Waals surface area contributed by atoms with Gasteiger partial charge in [-0.1, -0.05) is 24.3 Å². The molecule has 0 aliphatic carbocycles. The van der Waals surface area contributed by atoms with E-state index in [0.29, 0.717) is 0 Å². The van der Waals surface area contributed by atoms with Gasteiger partial charge >= 0.3 is 0 Å². The molecule has 5 nitrogen and oxygen atoms in total. The minimum atomic E-state index is 0.0929. The molecule has 0 saturated heterocycles. The second-order valence-electron chi connectivity index (χ2n) is 8.21. The highest BCUT2D eigenvalue weighted by atomic mass is 32.1. The lowest BCUT2D eigenvalue weighted by Gasteiger charge is -2.17. The molecule has 5 rings (SSSR count). The van der Waals surface area contributed by atoms with Crippen LogP contribution in [-0.2, 0) is 7.05 Å². The lowest BCUT2D eigenvalue weighted by molar-refractivity contribution is 0.768. The third-order valence-corrected chi connectivity index (χ3v) is 6.77. The summed E-state index contributed by atoms with van der Waals surface area (Å²) in [6, 6.07) is 17.2. The quantitative estimate of drug-likeness (QED) is 0.337. The van der Waals surface area contributed by atoms with Gasteiger partial charge in [0.2, 0.25) is 0 Å². The van der Waals surface area contributed by atoms with E-state index in [9.17, 15) is 0 Å². The van der Waals surface area contributed by atoms with Crippen LogP contribution in [0.1, 0.15) is 29.9 Å². The molecule has 6 heteroatoms. The lowest BCUT2D eigenvalue weighted by atomic mass is 10.0. The fourth-order valence-corrected chi connectivity index (χ4v) is 4.89. The van der Waals surface area contributed by atoms with Crippen LogP contribution in [0.2, 0.25) is 0 Å². The molecular formula is C26H25N5S. The number of nitrogens with one attached hydrogen (secondary N) is 1. The van der Waals surface area contributed by atoms with Crippen molar-refractivity contribution in [3.05, 3.63) is 83.3 Å². The van der Waals surface area contributed by atoms with E-state index in [0.717, 1.165) is 34.0 Å². The predicted octanol–water partition coefficient (Wildman–Crippen LogP) is 6.55. The standard InChI is InChI=1S/C26H25N5S/c1-16-15-32-25-9-8-21(11-23(16)25)24-12-26(30-18(3)29-24)28-17(2)19-6-5-7-20(10-19)22-13-27-31(4)14-22/h5-15,17H,1-4H3,(H,28,29,30)/t17-/m0/s1. The normalized spacial score (nSPS) is 12.2. The van der Waals surface area contributed by atoms with Gasteiger partial charge in [0.25, 0.3) is 0 Å². The molecule has 0 amide bonds. The van der Waals surface area contributed by atoms with Gasteiger partial charge in [-0.15, -0.1) is 11.3 Å². The Morgan fingerprint density at radius 2 is 1.84 bits per heavy atom. The van der Waals surface area contributed by atoms with E-state index in [-0.39, 0.29) is 6.04 Å². The van der Waals surface area contributed by atoms with Crippen LogP contribution in [0.4, 0.5) is 5.82 Å². The van der Waals surface area contributed by atoms with Crippen LogP contribution >= 0.6 is 11.3 Å². The van der Waals surface area contributed by atoms with Crippen molar-refractivity contribution in [3.8, 4) is 22.4 Å². The molecule has 0 spiro atoms. The predicted molar refractivity (Wildman–Crippen MR) is 133 cm³/mol. The Labute approximate surface area is 191 Å². The molecule has 3 heterocycles. The molecule has 0 fully saturated rings. The van der Waals surface area contributed by atoms with E-state index in [1.54, 1.807) is 11.3 Å². The van der Waals surface area contributed by atoms with Crippen molar-refractivity contribution in [2.45, 2.75) is 26.8 Å². The van der Waals surface area contributed by atoms with Crippen molar-refractivity contribution in [3.63, 3.8) is 0 Å². The molecule has 5 aromatic rings. The van der Waals surface area contributed by atoms with E-state index in [1.165, 1.54) is 21.2 Å². The van der Waals surface area contributed by atoms with Crippen LogP contribution < -0.4 is 5.32 Å². The maximum atomic E-state index is 4.70. The fraction of sp³-hybridized carbons (Fsp3) is 0.192. The number of benzene rings is 2. The maximum Gasteiger partial charge on any atom is 0.130 e. The number of fused-ring (bicyclic) bond motifs is 1. The largest absolute Gasteiger partial charge is 0.363 e. The van der Waals surface area contributed by atoms with Crippen molar-refractivity contribution in [2.24, 2.45) is 7.05 Å². The number of anilines is 1. The number of rotatable bonds is 5. The number of aromatic nitrogens is 4. The van der Waals surface area contributed by atoms with Crippen molar-refractivity contribution in [1.29, 1.82) is 0 Å². The zero-order chi connectivity index (χ0) is 22.2. The molecule has 0 bridgehead atoms. The number of thiophene rings is 1. The van der Waals surface area contributed by atoms with Crippen LogP contribution in [0, 0.1) is 13.8 Å². The molecule has 1 atom stereocenters. The van der Waals surface area contributed by atoms with Gasteiger partial charge < -0.3 is 5.32 Å². The summed E-state index contributed by atoms with van der Waals surface area (Å²) in [5.74, 6) is 1.58. The lowest BCUT2D eigenvalue weighted by Crippen LogP contribution is -2.09. The number of aryl methyl sites for hydroxylation is 3.